The fraction of sp³-hybridized carbons (Fsp3) is 0.611. The molecule has 1 fully saturated rings. The fourth-order valence-electron chi connectivity index (χ4n) is 2.72. The molecule has 2 rings (SSSR count). The average molecular weight is 322 g/mol. The minimum absolute atomic E-state index is 0.0632. The van der Waals surface area contributed by atoms with Crippen molar-refractivity contribution in [2.45, 2.75) is 51.8 Å². The molecule has 0 radical (unpaired) electrons. The van der Waals surface area contributed by atoms with E-state index in [0.717, 1.165) is 17.6 Å². The summed E-state index contributed by atoms with van der Waals surface area (Å²) < 4.78 is 22.8. The zero-order chi connectivity index (χ0) is 16.9. The van der Waals surface area contributed by atoms with E-state index in [9.17, 15) is 4.79 Å². The first-order valence-electron chi connectivity index (χ1n) is 7.95. The van der Waals surface area contributed by atoms with Crippen LogP contribution in [0.3, 0.4) is 0 Å². The van der Waals surface area contributed by atoms with Crippen molar-refractivity contribution in [1.82, 2.24) is 0 Å². The summed E-state index contributed by atoms with van der Waals surface area (Å²) in [4.78, 5) is 10.9. The number of aldehydes is 1. The molecule has 1 aliphatic heterocycles. The van der Waals surface area contributed by atoms with E-state index in [0.29, 0.717) is 19.6 Å². The Labute approximate surface area is 137 Å². The molecule has 1 heterocycles. The van der Waals surface area contributed by atoms with Crippen LogP contribution in [0.25, 0.3) is 0 Å². The quantitative estimate of drug-likeness (QED) is 0.689. The third-order valence-electron chi connectivity index (χ3n) is 4.03. The van der Waals surface area contributed by atoms with Gasteiger partial charge in [-0.3, -0.25) is 0 Å². The Hall–Kier alpha value is -1.43. The van der Waals surface area contributed by atoms with E-state index in [1.807, 2.05) is 45.0 Å². The Bertz CT molecular complexity index is 497. The molecule has 0 spiro atoms. The topological polar surface area (TPSA) is 54.0 Å². The smallest absolute Gasteiger partial charge is 0.163 e. The summed E-state index contributed by atoms with van der Waals surface area (Å²) in [5, 5.41) is 0. The monoisotopic (exact) mass is 322 g/mol. The highest BCUT2D eigenvalue weighted by atomic mass is 16.7. The molecule has 1 aliphatic rings. The molecule has 0 amide bonds. The van der Waals surface area contributed by atoms with Gasteiger partial charge in [0.1, 0.15) is 18.1 Å². The van der Waals surface area contributed by atoms with Crippen LogP contribution < -0.4 is 4.74 Å². The largest absolute Gasteiger partial charge is 0.497 e. The van der Waals surface area contributed by atoms with Gasteiger partial charge in [-0.2, -0.15) is 0 Å². The van der Waals surface area contributed by atoms with Crippen LogP contribution in [0, 0.1) is 5.92 Å². The number of rotatable bonds is 8. The van der Waals surface area contributed by atoms with Crippen molar-refractivity contribution in [3.63, 3.8) is 0 Å². The molecule has 0 aromatic heterocycles. The van der Waals surface area contributed by atoms with Crippen molar-refractivity contribution in [3.05, 3.63) is 29.8 Å². The molecule has 0 bridgehead atoms. The Balaban J connectivity index is 2.00. The first-order chi connectivity index (χ1) is 10.9. The van der Waals surface area contributed by atoms with Gasteiger partial charge in [0, 0.05) is 6.42 Å². The van der Waals surface area contributed by atoms with Crippen LogP contribution in [-0.4, -0.2) is 38.0 Å². The van der Waals surface area contributed by atoms with Gasteiger partial charge in [-0.15, -0.1) is 0 Å². The second-order valence-electron chi connectivity index (χ2n) is 6.37. The predicted molar refractivity (Wildman–Crippen MR) is 86.3 cm³/mol. The summed E-state index contributed by atoms with van der Waals surface area (Å²) in [5.41, 5.74) is 1.05. The molecule has 5 nitrogen and oxygen atoms in total. The predicted octanol–water partition coefficient (Wildman–Crippen LogP) is 2.96. The van der Waals surface area contributed by atoms with Gasteiger partial charge in [-0.25, -0.2) is 0 Å². The first-order valence-corrected chi connectivity index (χ1v) is 7.95. The van der Waals surface area contributed by atoms with E-state index in [1.165, 1.54) is 0 Å². The highest BCUT2D eigenvalue weighted by Crippen LogP contribution is 2.29. The molecule has 3 atom stereocenters. The zero-order valence-electron chi connectivity index (χ0n) is 14.3. The Kier molecular flexibility index (Phi) is 6.16. The van der Waals surface area contributed by atoms with E-state index >= 15 is 0 Å². The molecule has 0 saturated carbocycles. The van der Waals surface area contributed by atoms with Crippen molar-refractivity contribution < 1.29 is 23.7 Å². The normalized spacial score (nSPS) is 22.5. The summed E-state index contributed by atoms with van der Waals surface area (Å²) in [7, 11) is 1.64. The first kappa shape index (κ1) is 17.9. The molecule has 1 saturated heterocycles. The highest BCUT2D eigenvalue weighted by Gasteiger charge is 2.39. The van der Waals surface area contributed by atoms with E-state index < -0.39 is 5.79 Å². The Morgan fingerprint density at radius 2 is 2.04 bits per heavy atom. The summed E-state index contributed by atoms with van der Waals surface area (Å²) in [5.74, 6) is 0.273. The van der Waals surface area contributed by atoms with Gasteiger partial charge in [0.05, 0.1) is 26.4 Å². The maximum atomic E-state index is 10.9. The summed E-state index contributed by atoms with van der Waals surface area (Å²) >= 11 is 0. The van der Waals surface area contributed by atoms with Gasteiger partial charge in [0.25, 0.3) is 0 Å². The van der Waals surface area contributed by atoms with E-state index in [1.54, 1.807) is 7.11 Å². The third-order valence-corrected chi connectivity index (χ3v) is 4.03. The minimum Gasteiger partial charge on any atom is -0.497 e. The SMILES string of the molecule is COc1ccc(CO[C@@H]([C@H](C)CC=O)[C@@H]2COC(C)(C)O2)cc1. The van der Waals surface area contributed by atoms with Gasteiger partial charge >= 0.3 is 0 Å². The molecule has 5 heteroatoms. The van der Waals surface area contributed by atoms with E-state index in [4.69, 9.17) is 18.9 Å². The maximum absolute atomic E-state index is 10.9. The van der Waals surface area contributed by atoms with Crippen LogP contribution in [0.1, 0.15) is 32.8 Å². The molecular weight excluding hydrogens is 296 g/mol. The lowest BCUT2D eigenvalue weighted by Crippen LogP contribution is -2.38. The molecule has 23 heavy (non-hydrogen) atoms. The van der Waals surface area contributed by atoms with Crippen LogP contribution >= 0.6 is 0 Å². The molecule has 128 valence electrons. The second kappa shape index (κ2) is 7.90. The third kappa shape index (κ3) is 5.03. The lowest BCUT2D eigenvalue weighted by molar-refractivity contribution is -0.164. The van der Waals surface area contributed by atoms with Crippen LogP contribution in [0.2, 0.25) is 0 Å². The number of methoxy groups -OCH3 is 1. The average Bonchev–Trinajstić information content (AvgIpc) is 2.88. The van der Waals surface area contributed by atoms with Crippen molar-refractivity contribution in [2.24, 2.45) is 5.92 Å². The lowest BCUT2D eigenvalue weighted by atomic mass is 9.97. The van der Waals surface area contributed by atoms with Crippen LogP contribution in [0.4, 0.5) is 0 Å². The summed E-state index contributed by atoms with van der Waals surface area (Å²) in [6.45, 7) is 6.71. The van der Waals surface area contributed by atoms with Gasteiger partial charge in [0.15, 0.2) is 5.79 Å². The van der Waals surface area contributed by atoms with Crippen LogP contribution in [-0.2, 0) is 25.6 Å². The van der Waals surface area contributed by atoms with Crippen LogP contribution in [0.5, 0.6) is 5.75 Å². The van der Waals surface area contributed by atoms with Crippen molar-refractivity contribution in [3.8, 4) is 5.75 Å². The Morgan fingerprint density at radius 3 is 2.57 bits per heavy atom. The maximum Gasteiger partial charge on any atom is 0.163 e. The van der Waals surface area contributed by atoms with E-state index in [2.05, 4.69) is 0 Å². The van der Waals surface area contributed by atoms with Gasteiger partial charge in [-0.1, -0.05) is 19.1 Å². The Morgan fingerprint density at radius 1 is 1.35 bits per heavy atom. The number of hydrogen-bond donors (Lipinski definition) is 0. The number of ether oxygens (including phenoxy) is 4. The molecular formula is C18H26O5. The van der Waals surface area contributed by atoms with Crippen molar-refractivity contribution in [2.75, 3.05) is 13.7 Å². The number of benzene rings is 1. The number of carbonyl (C=O) groups is 1. The summed E-state index contributed by atoms with van der Waals surface area (Å²) in [6, 6.07) is 7.74. The second-order valence-corrected chi connectivity index (χ2v) is 6.37. The zero-order valence-corrected chi connectivity index (χ0v) is 14.3. The molecule has 0 aliphatic carbocycles. The van der Waals surface area contributed by atoms with Gasteiger partial charge in [-0.05, 0) is 37.5 Å². The minimum atomic E-state index is -0.604. The number of carbonyl (C=O) groups excluding carboxylic acids is 1. The van der Waals surface area contributed by atoms with Crippen molar-refractivity contribution in [1.29, 1.82) is 0 Å². The molecule has 0 unspecified atom stereocenters. The lowest BCUT2D eigenvalue weighted by Gasteiger charge is -2.28. The standard InChI is InChI=1S/C18H26O5/c1-13(9-10-19)17(16-12-22-18(2,3)23-16)21-11-14-5-7-15(20-4)8-6-14/h5-8,10,13,16-17H,9,11-12H2,1-4H3/t13-,16+,17+/m1/s1. The summed E-state index contributed by atoms with van der Waals surface area (Å²) in [6.07, 6.45) is 1.01. The molecule has 1 aromatic carbocycles. The molecule has 0 N–H and O–H groups in total. The van der Waals surface area contributed by atoms with Gasteiger partial charge in [0.2, 0.25) is 0 Å². The fourth-order valence-corrected chi connectivity index (χ4v) is 2.72. The van der Waals surface area contributed by atoms with Crippen molar-refractivity contribution >= 4 is 6.29 Å². The van der Waals surface area contributed by atoms with Gasteiger partial charge < -0.3 is 23.7 Å². The molecule has 1 aromatic rings. The number of hydrogen-bond acceptors (Lipinski definition) is 5. The van der Waals surface area contributed by atoms with Crippen LogP contribution in [0.15, 0.2) is 24.3 Å². The highest BCUT2D eigenvalue weighted by molar-refractivity contribution is 5.49. The van der Waals surface area contributed by atoms with E-state index in [-0.39, 0.29) is 18.1 Å².